The van der Waals surface area contributed by atoms with E-state index in [9.17, 15) is 14.7 Å². The lowest BCUT2D eigenvalue weighted by Crippen LogP contribution is -2.55. The Morgan fingerprint density at radius 2 is 1.60 bits per heavy atom. The summed E-state index contributed by atoms with van der Waals surface area (Å²) in [7, 11) is 0. The van der Waals surface area contributed by atoms with Crippen LogP contribution in [0.1, 0.15) is 17.2 Å². The summed E-state index contributed by atoms with van der Waals surface area (Å²) < 4.78 is 0.900. The summed E-state index contributed by atoms with van der Waals surface area (Å²) in [6.07, 6.45) is 2.61. The summed E-state index contributed by atoms with van der Waals surface area (Å²) in [5.41, 5.74) is 5.55. The summed E-state index contributed by atoms with van der Waals surface area (Å²) >= 11 is 9.47. The topological polar surface area (TPSA) is 72.9 Å². The Morgan fingerprint density at radius 3 is 2.29 bits per heavy atom. The van der Waals surface area contributed by atoms with Crippen molar-refractivity contribution in [2.45, 2.75) is 24.7 Å². The molecule has 0 aliphatic carbocycles. The van der Waals surface area contributed by atoms with E-state index in [2.05, 4.69) is 21.4 Å². The molecule has 2 N–H and O–H groups in total. The molecule has 5 rings (SSSR count). The number of imide groups is 1. The number of aliphatic hydroxyl groups is 1. The number of aliphatic hydroxyl groups excluding tert-OH is 1. The number of anilines is 1. The third kappa shape index (κ3) is 4.77. The average Bonchev–Trinajstić information content (AvgIpc) is 3.11. The van der Waals surface area contributed by atoms with Crippen molar-refractivity contribution in [1.82, 2.24) is 9.91 Å². The zero-order valence-electron chi connectivity index (χ0n) is 18.6. The minimum absolute atomic E-state index is 0.202. The fourth-order valence-corrected chi connectivity index (χ4v) is 4.97. The largest absolute Gasteiger partial charge is 0.386 e. The number of carbonyl (C=O) groups excluding carboxylic acids is 2. The van der Waals surface area contributed by atoms with Crippen LogP contribution in [-0.2, 0) is 16.1 Å². The monoisotopic (exact) mass is 551 g/mol. The molecule has 2 heterocycles. The number of benzene rings is 3. The second-order valence-electron chi connectivity index (χ2n) is 8.62. The fraction of sp³-hybridized carbons (Fsp3) is 0.185. The van der Waals surface area contributed by atoms with Crippen LogP contribution >= 0.6 is 27.5 Å². The Labute approximate surface area is 216 Å². The van der Waals surface area contributed by atoms with Crippen LogP contribution in [0.15, 0.2) is 95.5 Å². The van der Waals surface area contributed by atoms with Gasteiger partial charge in [-0.15, -0.1) is 0 Å². The molecule has 0 spiro atoms. The summed E-state index contributed by atoms with van der Waals surface area (Å²) in [6, 6.07) is 22.5. The van der Waals surface area contributed by atoms with Gasteiger partial charge >= 0.3 is 0 Å². The molecule has 178 valence electrons. The highest BCUT2D eigenvalue weighted by molar-refractivity contribution is 9.10. The zero-order chi connectivity index (χ0) is 24.5. The third-order valence-corrected chi connectivity index (χ3v) is 7.15. The van der Waals surface area contributed by atoms with E-state index < -0.39 is 24.1 Å². The number of rotatable bonds is 6. The van der Waals surface area contributed by atoms with Crippen molar-refractivity contribution in [2.24, 2.45) is 5.92 Å². The van der Waals surface area contributed by atoms with Crippen LogP contribution in [-0.4, -0.2) is 38.9 Å². The van der Waals surface area contributed by atoms with Gasteiger partial charge in [0.2, 0.25) is 11.8 Å². The predicted octanol–water partition coefficient (Wildman–Crippen LogP) is 4.96. The molecule has 2 aliphatic rings. The van der Waals surface area contributed by atoms with Gasteiger partial charge in [-0.25, -0.2) is 5.01 Å². The first-order chi connectivity index (χ1) is 16.9. The number of carbonyl (C=O) groups is 2. The van der Waals surface area contributed by atoms with Crippen molar-refractivity contribution in [3.05, 3.63) is 112 Å². The molecule has 8 heteroatoms. The van der Waals surface area contributed by atoms with Crippen LogP contribution in [0.5, 0.6) is 0 Å². The molecule has 0 saturated carbocycles. The van der Waals surface area contributed by atoms with E-state index in [0.717, 1.165) is 10.0 Å². The molecule has 3 aromatic carbocycles. The number of hydrogen-bond acceptors (Lipinski definition) is 5. The van der Waals surface area contributed by atoms with Crippen molar-refractivity contribution in [1.29, 1.82) is 0 Å². The second kappa shape index (κ2) is 9.95. The van der Waals surface area contributed by atoms with Crippen LogP contribution in [0.2, 0.25) is 5.02 Å². The number of hydrazine groups is 1. The fourth-order valence-electron chi connectivity index (χ4n) is 4.58. The third-order valence-electron chi connectivity index (χ3n) is 6.37. The Hall–Kier alpha value is -2.97. The van der Waals surface area contributed by atoms with Crippen molar-refractivity contribution < 1.29 is 14.7 Å². The van der Waals surface area contributed by atoms with E-state index in [0.29, 0.717) is 16.3 Å². The zero-order valence-corrected chi connectivity index (χ0v) is 20.9. The molecule has 0 aromatic heterocycles. The van der Waals surface area contributed by atoms with Gasteiger partial charge in [0.1, 0.15) is 6.04 Å². The molecule has 2 unspecified atom stereocenters. The summed E-state index contributed by atoms with van der Waals surface area (Å²) in [5, 5.41) is 13.6. The lowest BCUT2D eigenvalue weighted by Gasteiger charge is -2.40. The number of fused-ring (bicyclic) bond motifs is 1. The van der Waals surface area contributed by atoms with Gasteiger partial charge in [0, 0.05) is 15.2 Å². The Balaban J connectivity index is 1.49. The lowest BCUT2D eigenvalue weighted by molar-refractivity contribution is -0.140. The molecule has 0 bridgehead atoms. The number of nitrogens with zero attached hydrogens (tertiary/aromatic N) is 2. The van der Waals surface area contributed by atoms with Gasteiger partial charge in [0.15, 0.2) is 0 Å². The van der Waals surface area contributed by atoms with Gasteiger partial charge in [0.25, 0.3) is 0 Å². The van der Waals surface area contributed by atoms with Crippen molar-refractivity contribution >= 4 is 45.0 Å². The van der Waals surface area contributed by atoms with Gasteiger partial charge < -0.3 is 10.5 Å². The summed E-state index contributed by atoms with van der Waals surface area (Å²) in [5.74, 6) is -1.21. The molecular weight excluding hydrogens is 530 g/mol. The van der Waals surface area contributed by atoms with Crippen LogP contribution in [0.25, 0.3) is 0 Å². The number of halogens is 2. The van der Waals surface area contributed by atoms with Gasteiger partial charge in [-0.05, 0) is 47.5 Å². The van der Waals surface area contributed by atoms with Crippen LogP contribution in [0.4, 0.5) is 5.69 Å². The first-order valence-electron chi connectivity index (χ1n) is 11.2. The standard InChI is InChI=1S/C27H23BrClN3O3/c28-19-8-6-18(7-9-19)25(33)23-15-14-22-24(32(23)30-21-12-10-20(29)11-13-21)27(35)31(26(22)34)16-17-4-2-1-3-5-17/h1-15,22-25,30,33H,16H2/t22?,23-,24?,25-/m1/s1. The minimum Gasteiger partial charge on any atom is -0.386 e. The van der Waals surface area contributed by atoms with Gasteiger partial charge in [-0.3, -0.25) is 14.5 Å². The van der Waals surface area contributed by atoms with Gasteiger partial charge in [-0.2, -0.15) is 0 Å². The molecule has 2 amide bonds. The maximum Gasteiger partial charge on any atom is 0.249 e. The van der Waals surface area contributed by atoms with Crippen LogP contribution in [0.3, 0.4) is 0 Å². The lowest BCUT2D eigenvalue weighted by atomic mass is 9.90. The quantitative estimate of drug-likeness (QED) is 0.334. The molecule has 6 nitrogen and oxygen atoms in total. The maximum absolute atomic E-state index is 13.6. The highest BCUT2D eigenvalue weighted by Crippen LogP contribution is 2.37. The normalized spacial score (nSPS) is 22.8. The average molecular weight is 553 g/mol. The highest BCUT2D eigenvalue weighted by Gasteiger charge is 2.53. The summed E-state index contributed by atoms with van der Waals surface area (Å²) in [6.45, 7) is 0.202. The minimum atomic E-state index is -0.939. The van der Waals surface area contributed by atoms with Crippen LogP contribution in [0, 0.1) is 5.92 Å². The number of amides is 2. The molecule has 0 radical (unpaired) electrons. The second-order valence-corrected chi connectivity index (χ2v) is 9.97. The molecule has 35 heavy (non-hydrogen) atoms. The van der Waals surface area contributed by atoms with Crippen molar-refractivity contribution in [3.63, 3.8) is 0 Å². The first kappa shape index (κ1) is 23.8. The van der Waals surface area contributed by atoms with E-state index in [4.69, 9.17) is 11.6 Å². The molecule has 1 fully saturated rings. The Bertz CT molecular complexity index is 1250. The molecular formula is C27H23BrClN3O3. The summed E-state index contributed by atoms with van der Waals surface area (Å²) in [4.78, 5) is 28.2. The van der Waals surface area contributed by atoms with E-state index in [-0.39, 0.29) is 18.4 Å². The van der Waals surface area contributed by atoms with Gasteiger partial charge in [-0.1, -0.05) is 82.1 Å². The van der Waals surface area contributed by atoms with Crippen molar-refractivity contribution in [2.75, 3.05) is 5.43 Å². The first-order valence-corrected chi connectivity index (χ1v) is 12.4. The molecule has 2 aliphatic heterocycles. The van der Waals surface area contributed by atoms with E-state index in [1.807, 2.05) is 54.6 Å². The van der Waals surface area contributed by atoms with E-state index >= 15 is 0 Å². The molecule has 4 atom stereocenters. The number of hydrogen-bond donors (Lipinski definition) is 2. The number of nitrogens with one attached hydrogen (secondary N) is 1. The molecule has 1 saturated heterocycles. The smallest absolute Gasteiger partial charge is 0.249 e. The van der Waals surface area contributed by atoms with E-state index in [1.165, 1.54) is 4.90 Å². The SMILES string of the molecule is O=C1C2C=C[C@H]([C@H](O)c3ccc(Br)cc3)N(Nc3ccc(Cl)cc3)C2C(=O)N1Cc1ccccc1. The molecule has 3 aromatic rings. The van der Waals surface area contributed by atoms with E-state index in [1.54, 1.807) is 41.4 Å². The number of likely N-dealkylation sites (tertiary alicyclic amines) is 1. The van der Waals surface area contributed by atoms with Gasteiger partial charge in [0.05, 0.1) is 24.6 Å². The predicted molar refractivity (Wildman–Crippen MR) is 138 cm³/mol. The van der Waals surface area contributed by atoms with Crippen LogP contribution < -0.4 is 5.43 Å². The Morgan fingerprint density at radius 1 is 0.914 bits per heavy atom. The highest BCUT2D eigenvalue weighted by atomic mass is 79.9. The Kier molecular flexibility index (Phi) is 6.75. The maximum atomic E-state index is 13.6. The van der Waals surface area contributed by atoms with Crippen molar-refractivity contribution in [3.8, 4) is 0 Å².